The van der Waals surface area contributed by atoms with E-state index in [1.807, 2.05) is 60.7 Å². The molecule has 126 valence electrons. The van der Waals surface area contributed by atoms with E-state index in [1.165, 1.54) is 6.20 Å². The fourth-order valence-corrected chi connectivity index (χ4v) is 2.60. The Morgan fingerprint density at radius 3 is 2.04 bits per heavy atom. The van der Waals surface area contributed by atoms with Gasteiger partial charge in [-0.3, -0.25) is 0 Å². The van der Waals surface area contributed by atoms with Crippen LogP contribution in [0.5, 0.6) is 5.88 Å². The molecule has 0 N–H and O–H groups in total. The van der Waals surface area contributed by atoms with Crippen LogP contribution in [-0.4, -0.2) is 17.3 Å². The summed E-state index contributed by atoms with van der Waals surface area (Å²) in [6.45, 7) is -2.97. The zero-order chi connectivity index (χ0) is 17.6. The van der Waals surface area contributed by atoms with E-state index in [2.05, 4.69) is 30.6 Å². The highest BCUT2D eigenvalue weighted by atomic mass is 79.9. The van der Waals surface area contributed by atoms with Crippen LogP contribution in [0.15, 0.2) is 82.4 Å². The summed E-state index contributed by atoms with van der Waals surface area (Å²) in [5.41, 5.74) is 2.57. The normalized spacial score (nSPS) is 10.6. The van der Waals surface area contributed by atoms with Crippen LogP contribution in [-0.2, 0) is 0 Å². The minimum absolute atomic E-state index is 0.220. The Bertz CT molecular complexity index is 830. The van der Waals surface area contributed by atoms with Crippen LogP contribution in [0.3, 0.4) is 0 Å². The first-order valence-corrected chi connectivity index (χ1v) is 8.22. The molecule has 1 aromatic heterocycles. The molecule has 1 heterocycles. The third kappa shape index (κ3) is 4.48. The number of nitrogens with zero attached hydrogens (tertiary/aromatic N) is 2. The molecule has 0 fully saturated rings. The van der Waals surface area contributed by atoms with Gasteiger partial charge < -0.3 is 4.74 Å². The molecule has 0 bridgehead atoms. The molecule has 0 saturated carbocycles. The number of halogens is 3. The average Bonchev–Trinajstić information content (AvgIpc) is 2.63. The largest absolute Gasteiger partial charge is 0.415 e. The molecule has 0 atom stereocenters. The molecule has 3 rings (SSSR count). The Morgan fingerprint density at radius 1 is 0.960 bits per heavy atom. The van der Waals surface area contributed by atoms with Gasteiger partial charge in [0.25, 0.3) is 0 Å². The summed E-state index contributed by atoms with van der Waals surface area (Å²) in [5.74, 6) is -0.220. The minimum Gasteiger partial charge on any atom is -0.415 e. The number of aromatic nitrogens is 1. The van der Waals surface area contributed by atoms with E-state index in [0.29, 0.717) is 10.2 Å². The molecule has 0 saturated heterocycles. The van der Waals surface area contributed by atoms with Crippen LogP contribution < -0.4 is 4.74 Å². The van der Waals surface area contributed by atoms with Crippen LogP contribution in [0.4, 0.5) is 14.5 Å². The van der Waals surface area contributed by atoms with E-state index >= 15 is 0 Å². The number of pyridine rings is 1. The van der Waals surface area contributed by atoms with E-state index in [1.54, 1.807) is 6.07 Å². The fraction of sp³-hybridized carbons (Fsp3) is 0.0526. The SMILES string of the molecule is FC(F)Oc1ncc(Br)cc1N=C(c1ccccc1)c1ccccc1. The van der Waals surface area contributed by atoms with Crippen molar-refractivity contribution in [1.82, 2.24) is 4.98 Å². The molecular formula is C19H13BrF2N2O. The molecule has 6 heteroatoms. The van der Waals surface area contributed by atoms with Gasteiger partial charge in [-0.25, -0.2) is 9.98 Å². The third-order valence-electron chi connectivity index (χ3n) is 3.33. The van der Waals surface area contributed by atoms with Crippen LogP contribution in [0.25, 0.3) is 0 Å². The Hall–Kier alpha value is -2.60. The van der Waals surface area contributed by atoms with Crippen LogP contribution in [0.2, 0.25) is 0 Å². The second-order valence-corrected chi connectivity index (χ2v) is 5.96. The lowest BCUT2D eigenvalue weighted by molar-refractivity contribution is -0.0524. The van der Waals surface area contributed by atoms with Crippen molar-refractivity contribution in [1.29, 1.82) is 0 Å². The number of aliphatic imine (C=N–C) groups is 1. The summed E-state index contributed by atoms with van der Waals surface area (Å²) < 4.78 is 30.4. The topological polar surface area (TPSA) is 34.5 Å². The molecule has 25 heavy (non-hydrogen) atoms. The van der Waals surface area contributed by atoms with Crippen molar-refractivity contribution in [2.45, 2.75) is 6.61 Å². The first-order chi connectivity index (χ1) is 12.1. The second kappa shape index (κ2) is 7.98. The van der Waals surface area contributed by atoms with E-state index in [4.69, 9.17) is 0 Å². The Balaban J connectivity index is 2.15. The van der Waals surface area contributed by atoms with Gasteiger partial charge in [0, 0.05) is 21.8 Å². The minimum atomic E-state index is -2.97. The van der Waals surface area contributed by atoms with Gasteiger partial charge in [-0.15, -0.1) is 0 Å². The van der Waals surface area contributed by atoms with Crippen molar-refractivity contribution in [2.75, 3.05) is 0 Å². The van der Waals surface area contributed by atoms with Crippen molar-refractivity contribution in [3.05, 3.63) is 88.5 Å². The van der Waals surface area contributed by atoms with E-state index in [9.17, 15) is 8.78 Å². The maximum absolute atomic E-state index is 12.7. The lowest BCUT2D eigenvalue weighted by Gasteiger charge is -2.10. The number of alkyl halides is 2. The van der Waals surface area contributed by atoms with Gasteiger partial charge in [0.05, 0.1) is 5.71 Å². The molecule has 0 amide bonds. The number of hydrogen-bond acceptors (Lipinski definition) is 3. The molecular weight excluding hydrogens is 390 g/mol. The van der Waals surface area contributed by atoms with Crippen LogP contribution in [0.1, 0.15) is 11.1 Å². The van der Waals surface area contributed by atoms with Crippen molar-refractivity contribution >= 4 is 27.3 Å². The van der Waals surface area contributed by atoms with Gasteiger partial charge in [-0.2, -0.15) is 8.78 Å². The maximum Gasteiger partial charge on any atom is 0.388 e. The monoisotopic (exact) mass is 402 g/mol. The molecule has 3 nitrogen and oxygen atoms in total. The van der Waals surface area contributed by atoms with E-state index in [-0.39, 0.29) is 11.6 Å². The predicted octanol–water partition coefficient (Wildman–Crippen LogP) is 5.61. The van der Waals surface area contributed by atoms with Gasteiger partial charge in [-0.05, 0) is 22.0 Å². The lowest BCUT2D eigenvalue weighted by atomic mass is 10.0. The zero-order valence-corrected chi connectivity index (χ0v) is 14.5. The molecule has 0 aliphatic carbocycles. The van der Waals surface area contributed by atoms with Gasteiger partial charge in [0.1, 0.15) is 5.69 Å². The summed E-state index contributed by atoms with van der Waals surface area (Å²) in [7, 11) is 0. The molecule has 0 unspecified atom stereocenters. The molecule has 0 aliphatic rings. The van der Waals surface area contributed by atoms with E-state index in [0.717, 1.165) is 11.1 Å². The quantitative estimate of drug-likeness (QED) is 0.519. The zero-order valence-electron chi connectivity index (χ0n) is 12.9. The Kier molecular flexibility index (Phi) is 5.50. The number of hydrogen-bond donors (Lipinski definition) is 0. The van der Waals surface area contributed by atoms with Crippen molar-refractivity contribution in [2.24, 2.45) is 4.99 Å². The van der Waals surface area contributed by atoms with Crippen LogP contribution >= 0.6 is 15.9 Å². The summed E-state index contributed by atoms with van der Waals surface area (Å²) >= 11 is 3.29. The number of benzene rings is 2. The summed E-state index contributed by atoms with van der Waals surface area (Å²) in [6, 6.07) is 20.6. The van der Waals surface area contributed by atoms with Crippen molar-refractivity contribution in [3.8, 4) is 5.88 Å². The summed E-state index contributed by atoms with van der Waals surface area (Å²) in [4.78, 5) is 8.48. The number of ether oxygens (including phenoxy) is 1. The predicted molar refractivity (Wildman–Crippen MR) is 96.8 cm³/mol. The van der Waals surface area contributed by atoms with E-state index < -0.39 is 6.61 Å². The summed E-state index contributed by atoms with van der Waals surface area (Å²) in [5, 5.41) is 0. The second-order valence-electron chi connectivity index (χ2n) is 5.05. The van der Waals surface area contributed by atoms with Gasteiger partial charge >= 0.3 is 6.61 Å². The lowest BCUT2D eigenvalue weighted by Crippen LogP contribution is -2.06. The highest BCUT2D eigenvalue weighted by molar-refractivity contribution is 9.10. The molecule has 0 aliphatic heterocycles. The van der Waals surface area contributed by atoms with Crippen molar-refractivity contribution < 1.29 is 13.5 Å². The third-order valence-corrected chi connectivity index (χ3v) is 3.76. The Morgan fingerprint density at radius 2 is 1.52 bits per heavy atom. The highest BCUT2D eigenvalue weighted by Crippen LogP contribution is 2.31. The van der Waals surface area contributed by atoms with Gasteiger partial charge in [0.2, 0.25) is 5.88 Å². The molecule has 0 spiro atoms. The summed E-state index contributed by atoms with van der Waals surface area (Å²) in [6.07, 6.45) is 1.39. The first kappa shape index (κ1) is 17.2. The molecule has 3 aromatic rings. The molecule has 2 aromatic carbocycles. The van der Waals surface area contributed by atoms with Crippen LogP contribution in [0, 0.1) is 0 Å². The number of rotatable bonds is 5. The van der Waals surface area contributed by atoms with Crippen molar-refractivity contribution in [3.63, 3.8) is 0 Å². The molecule has 0 radical (unpaired) electrons. The fourth-order valence-electron chi connectivity index (χ4n) is 2.28. The smallest absolute Gasteiger partial charge is 0.388 e. The van der Waals surface area contributed by atoms with Gasteiger partial charge in [-0.1, -0.05) is 60.7 Å². The standard InChI is InChI=1S/C19H13BrF2N2O/c20-15-11-16(18(23-12-15)25-19(21)22)24-17(13-7-3-1-4-8-13)14-9-5-2-6-10-14/h1-12,19H. The Labute approximate surface area is 152 Å². The average molecular weight is 403 g/mol. The maximum atomic E-state index is 12.7. The highest BCUT2D eigenvalue weighted by Gasteiger charge is 2.14. The van der Waals surface area contributed by atoms with Gasteiger partial charge in [0.15, 0.2) is 0 Å². The first-order valence-electron chi connectivity index (χ1n) is 7.43.